The van der Waals surface area contributed by atoms with Gasteiger partial charge in [-0.15, -0.1) is 0 Å². The van der Waals surface area contributed by atoms with E-state index in [-0.39, 0.29) is 25.8 Å². The van der Waals surface area contributed by atoms with E-state index in [0.717, 1.165) is 0 Å². The SMILES string of the molecule is CC(C)(N1CCC(F)(F)CC1)C(C)(C)N1CCCC(F)(F)C1. The molecule has 0 atom stereocenters. The van der Waals surface area contributed by atoms with Crippen LogP contribution >= 0.6 is 0 Å². The van der Waals surface area contributed by atoms with Gasteiger partial charge in [0.15, 0.2) is 0 Å². The van der Waals surface area contributed by atoms with Crippen LogP contribution in [0.25, 0.3) is 0 Å². The van der Waals surface area contributed by atoms with Gasteiger partial charge in [-0.3, -0.25) is 9.80 Å². The summed E-state index contributed by atoms with van der Waals surface area (Å²) in [5.41, 5.74) is -0.958. The van der Waals surface area contributed by atoms with Crippen molar-refractivity contribution in [3.63, 3.8) is 0 Å². The predicted octanol–water partition coefficient (Wildman–Crippen LogP) is 4.01. The first-order valence-corrected chi connectivity index (χ1v) is 8.13. The Balaban J connectivity index is 2.12. The van der Waals surface area contributed by atoms with Crippen LogP contribution in [0.1, 0.15) is 53.4 Å². The van der Waals surface area contributed by atoms with Crippen LogP contribution in [-0.2, 0) is 0 Å². The first kappa shape index (κ1) is 18.0. The van der Waals surface area contributed by atoms with Gasteiger partial charge in [0, 0.05) is 43.4 Å². The molecule has 2 aliphatic heterocycles. The van der Waals surface area contributed by atoms with Crippen molar-refractivity contribution in [1.82, 2.24) is 9.80 Å². The maximum atomic E-state index is 13.8. The third-order valence-corrected chi connectivity index (χ3v) is 5.97. The lowest BCUT2D eigenvalue weighted by Crippen LogP contribution is -2.68. The van der Waals surface area contributed by atoms with Gasteiger partial charge in [0.25, 0.3) is 11.8 Å². The normalized spacial score (nSPS) is 27.8. The smallest absolute Gasteiger partial charge is 0.260 e. The second-order valence-corrected chi connectivity index (χ2v) is 7.84. The standard InChI is InChI=1S/C16H28F4N2/c1-13(2,21-10-7-15(17,18)8-11-21)14(3,4)22-9-5-6-16(19,20)12-22/h5-12H2,1-4H3. The molecule has 2 aliphatic rings. The molecule has 0 amide bonds. The molecule has 2 saturated heterocycles. The summed E-state index contributed by atoms with van der Waals surface area (Å²) in [6.45, 7) is 8.92. The number of halogens is 4. The Hall–Kier alpha value is -0.360. The summed E-state index contributed by atoms with van der Waals surface area (Å²) >= 11 is 0. The van der Waals surface area contributed by atoms with Crippen LogP contribution in [0.2, 0.25) is 0 Å². The summed E-state index contributed by atoms with van der Waals surface area (Å²) in [6, 6.07) is 0. The Bertz CT molecular complexity index is 397. The van der Waals surface area contributed by atoms with E-state index in [1.165, 1.54) is 0 Å². The predicted molar refractivity (Wildman–Crippen MR) is 79.7 cm³/mol. The molecule has 0 aromatic heterocycles. The first-order valence-electron chi connectivity index (χ1n) is 8.13. The molecule has 0 aromatic carbocycles. The topological polar surface area (TPSA) is 6.48 Å². The number of piperidine rings is 2. The summed E-state index contributed by atoms with van der Waals surface area (Å²) in [5.74, 6) is -5.24. The van der Waals surface area contributed by atoms with E-state index < -0.39 is 22.9 Å². The fourth-order valence-electron chi connectivity index (χ4n) is 3.61. The molecule has 6 heteroatoms. The minimum absolute atomic E-state index is 0.0596. The van der Waals surface area contributed by atoms with E-state index in [1.807, 2.05) is 37.5 Å². The second kappa shape index (κ2) is 5.62. The van der Waals surface area contributed by atoms with Crippen LogP contribution in [0.4, 0.5) is 17.6 Å². The molecule has 0 unspecified atom stereocenters. The van der Waals surface area contributed by atoms with Gasteiger partial charge in [-0.25, -0.2) is 17.6 Å². The van der Waals surface area contributed by atoms with Crippen LogP contribution in [0, 0.1) is 0 Å². The number of likely N-dealkylation sites (tertiary alicyclic amines) is 2. The highest BCUT2D eigenvalue weighted by molar-refractivity contribution is 5.05. The fraction of sp³-hybridized carbons (Fsp3) is 1.00. The lowest BCUT2D eigenvalue weighted by molar-refractivity contribution is -0.137. The van der Waals surface area contributed by atoms with Crippen molar-refractivity contribution in [1.29, 1.82) is 0 Å². The molecule has 130 valence electrons. The Labute approximate surface area is 130 Å². The zero-order valence-corrected chi connectivity index (χ0v) is 14.1. The fourth-order valence-corrected chi connectivity index (χ4v) is 3.61. The lowest BCUT2D eigenvalue weighted by Gasteiger charge is -2.57. The Kier molecular flexibility index (Phi) is 4.59. The van der Waals surface area contributed by atoms with Crippen molar-refractivity contribution >= 4 is 0 Å². The molecule has 0 saturated carbocycles. The first-order chi connectivity index (χ1) is 9.87. The molecule has 0 bridgehead atoms. The summed E-state index contributed by atoms with van der Waals surface area (Å²) in [4.78, 5) is 3.88. The third kappa shape index (κ3) is 3.42. The molecular weight excluding hydrogens is 296 g/mol. The van der Waals surface area contributed by atoms with Crippen molar-refractivity contribution in [3.05, 3.63) is 0 Å². The summed E-state index contributed by atoms with van der Waals surface area (Å²) in [5, 5.41) is 0. The number of alkyl halides is 4. The molecule has 2 fully saturated rings. The monoisotopic (exact) mass is 324 g/mol. The van der Waals surface area contributed by atoms with Gasteiger partial charge < -0.3 is 0 Å². The minimum Gasteiger partial charge on any atom is -0.296 e. The Morgan fingerprint density at radius 3 is 1.68 bits per heavy atom. The van der Waals surface area contributed by atoms with Crippen LogP contribution in [-0.4, -0.2) is 58.9 Å². The third-order valence-electron chi connectivity index (χ3n) is 5.97. The van der Waals surface area contributed by atoms with Gasteiger partial charge in [-0.05, 0) is 40.7 Å². The van der Waals surface area contributed by atoms with E-state index >= 15 is 0 Å². The van der Waals surface area contributed by atoms with E-state index in [1.54, 1.807) is 0 Å². The maximum absolute atomic E-state index is 13.8. The molecular formula is C16H28F4N2. The Morgan fingerprint density at radius 2 is 1.18 bits per heavy atom. The highest BCUT2D eigenvalue weighted by atomic mass is 19.3. The van der Waals surface area contributed by atoms with Gasteiger partial charge >= 0.3 is 0 Å². The molecule has 0 radical (unpaired) electrons. The van der Waals surface area contributed by atoms with Gasteiger partial charge in [-0.1, -0.05) is 0 Å². The molecule has 22 heavy (non-hydrogen) atoms. The van der Waals surface area contributed by atoms with Gasteiger partial charge in [0.1, 0.15) is 0 Å². The molecule has 0 aromatic rings. The second-order valence-electron chi connectivity index (χ2n) is 7.84. The van der Waals surface area contributed by atoms with Crippen LogP contribution in [0.3, 0.4) is 0 Å². The Morgan fingerprint density at radius 1 is 0.682 bits per heavy atom. The van der Waals surface area contributed by atoms with E-state index in [4.69, 9.17) is 0 Å². The molecule has 0 spiro atoms. The van der Waals surface area contributed by atoms with E-state index in [0.29, 0.717) is 26.1 Å². The molecule has 0 aliphatic carbocycles. The number of hydrogen-bond donors (Lipinski definition) is 0. The number of rotatable bonds is 3. The molecule has 2 nitrogen and oxygen atoms in total. The molecule has 0 N–H and O–H groups in total. The average Bonchev–Trinajstić information content (AvgIpc) is 2.36. The van der Waals surface area contributed by atoms with Gasteiger partial charge in [0.05, 0.1) is 6.54 Å². The maximum Gasteiger partial charge on any atom is 0.260 e. The minimum atomic E-state index is -2.65. The number of hydrogen-bond acceptors (Lipinski definition) is 2. The van der Waals surface area contributed by atoms with Crippen molar-refractivity contribution < 1.29 is 17.6 Å². The summed E-state index contributed by atoms with van der Waals surface area (Å²) < 4.78 is 54.3. The van der Waals surface area contributed by atoms with Crippen molar-refractivity contribution in [2.45, 2.75) is 76.3 Å². The quantitative estimate of drug-likeness (QED) is 0.724. The van der Waals surface area contributed by atoms with Crippen LogP contribution < -0.4 is 0 Å². The van der Waals surface area contributed by atoms with Crippen molar-refractivity contribution in [2.75, 3.05) is 26.2 Å². The lowest BCUT2D eigenvalue weighted by atomic mass is 9.77. The van der Waals surface area contributed by atoms with Gasteiger partial charge in [-0.2, -0.15) is 0 Å². The number of nitrogens with zero attached hydrogens (tertiary/aromatic N) is 2. The highest BCUT2D eigenvalue weighted by Gasteiger charge is 2.51. The largest absolute Gasteiger partial charge is 0.296 e. The van der Waals surface area contributed by atoms with Crippen molar-refractivity contribution in [3.8, 4) is 0 Å². The van der Waals surface area contributed by atoms with Crippen LogP contribution in [0.5, 0.6) is 0 Å². The van der Waals surface area contributed by atoms with Crippen molar-refractivity contribution in [2.24, 2.45) is 0 Å². The summed E-state index contributed by atoms with van der Waals surface area (Å²) in [6.07, 6.45) is 0.117. The van der Waals surface area contributed by atoms with Crippen LogP contribution in [0.15, 0.2) is 0 Å². The van der Waals surface area contributed by atoms with E-state index in [9.17, 15) is 17.6 Å². The van der Waals surface area contributed by atoms with E-state index in [2.05, 4.69) is 0 Å². The zero-order chi connectivity index (χ0) is 16.8. The molecule has 2 heterocycles. The average molecular weight is 324 g/mol. The van der Waals surface area contributed by atoms with Gasteiger partial charge in [0.2, 0.25) is 0 Å². The highest BCUT2D eigenvalue weighted by Crippen LogP contribution is 2.41. The summed E-state index contributed by atoms with van der Waals surface area (Å²) in [7, 11) is 0. The zero-order valence-electron chi connectivity index (χ0n) is 14.1. The molecule has 2 rings (SSSR count).